The minimum atomic E-state index is -1.12. The van der Waals surface area contributed by atoms with Crippen LogP contribution < -0.4 is 5.32 Å². The summed E-state index contributed by atoms with van der Waals surface area (Å²) in [6, 6.07) is 7.23. The highest BCUT2D eigenvalue weighted by molar-refractivity contribution is 5.79. The van der Waals surface area contributed by atoms with E-state index in [0.29, 0.717) is 0 Å². The molecule has 1 aromatic rings. The van der Waals surface area contributed by atoms with Gasteiger partial charge in [-0.3, -0.25) is 14.9 Å². The van der Waals surface area contributed by atoms with Crippen molar-refractivity contribution in [2.24, 2.45) is 0 Å². The van der Waals surface area contributed by atoms with Crippen LogP contribution in [0.2, 0.25) is 0 Å². The highest BCUT2D eigenvalue weighted by atomic mass is 16.4. The van der Waals surface area contributed by atoms with Crippen LogP contribution in [-0.2, 0) is 9.59 Å². The lowest BCUT2D eigenvalue weighted by atomic mass is 10.1. The lowest BCUT2D eigenvalue weighted by Gasteiger charge is -2.13. The molecule has 1 rings (SSSR count). The average Bonchev–Trinajstić information content (AvgIpc) is 2.34. The molecule has 96 valence electrons. The summed E-state index contributed by atoms with van der Waals surface area (Å²) in [6.07, 6.45) is 3.07. The van der Waals surface area contributed by atoms with Crippen LogP contribution in [0.1, 0.15) is 12.5 Å². The second-order valence-electron chi connectivity index (χ2n) is 3.81. The number of benzene rings is 1. The third-order valence-corrected chi connectivity index (χ3v) is 2.35. The van der Waals surface area contributed by atoms with E-state index < -0.39 is 24.0 Å². The Morgan fingerprint density at radius 3 is 2.28 bits per heavy atom. The number of hydrogen-bond acceptors (Lipinski definition) is 3. The molecule has 0 bridgehead atoms. The second kappa shape index (κ2) is 6.56. The van der Waals surface area contributed by atoms with Crippen molar-refractivity contribution in [2.75, 3.05) is 0 Å². The van der Waals surface area contributed by atoms with Gasteiger partial charge in [-0.1, -0.05) is 42.5 Å². The van der Waals surface area contributed by atoms with Gasteiger partial charge in [0.15, 0.2) is 0 Å². The molecule has 0 amide bonds. The summed E-state index contributed by atoms with van der Waals surface area (Å²) in [5, 5.41) is 20.2. The minimum absolute atomic E-state index is 0.855. The van der Waals surface area contributed by atoms with Gasteiger partial charge in [0.2, 0.25) is 0 Å². The molecule has 0 heterocycles. The molecular weight excluding hydrogens is 234 g/mol. The van der Waals surface area contributed by atoms with Gasteiger partial charge in [0.25, 0.3) is 0 Å². The topological polar surface area (TPSA) is 86.6 Å². The van der Waals surface area contributed by atoms with Crippen molar-refractivity contribution in [3.05, 3.63) is 42.0 Å². The fourth-order valence-corrected chi connectivity index (χ4v) is 1.32. The highest BCUT2D eigenvalue weighted by Crippen LogP contribution is 2.03. The van der Waals surface area contributed by atoms with Gasteiger partial charge in [0, 0.05) is 0 Å². The summed E-state index contributed by atoms with van der Waals surface area (Å²) in [5.74, 6) is -2.20. The fourth-order valence-electron chi connectivity index (χ4n) is 1.32. The standard InChI is InChI=1S/C13H15NO4/c1-9(12(15)16)14-11(13(17)18)8-7-10-5-3-2-4-6-10/h2-9,11,14H,1H3,(H,15,16)(H,17,18)/b8-7+. The first-order valence-electron chi connectivity index (χ1n) is 5.45. The molecule has 2 atom stereocenters. The molecule has 5 heteroatoms. The Labute approximate surface area is 105 Å². The molecular formula is C13H15NO4. The van der Waals surface area contributed by atoms with Gasteiger partial charge >= 0.3 is 11.9 Å². The molecule has 0 saturated heterocycles. The van der Waals surface area contributed by atoms with Crippen LogP contribution in [0.5, 0.6) is 0 Å². The number of carbonyl (C=O) groups is 2. The molecule has 0 aliphatic rings. The Morgan fingerprint density at radius 2 is 1.78 bits per heavy atom. The number of hydrogen-bond donors (Lipinski definition) is 3. The Balaban J connectivity index is 2.72. The second-order valence-corrected chi connectivity index (χ2v) is 3.81. The monoisotopic (exact) mass is 249 g/mol. The first-order valence-corrected chi connectivity index (χ1v) is 5.45. The number of rotatable bonds is 6. The van der Waals surface area contributed by atoms with Crippen LogP contribution in [0.3, 0.4) is 0 Å². The third-order valence-electron chi connectivity index (χ3n) is 2.35. The molecule has 18 heavy (non-hydrogen) atoms. The lowest BCUT2D eigenvalue weighted by Crippen LogP contribution is -2.44. The van der Waals surface area contributed by atoms with Crippen LogP contribution in [0.15, 0.2) is 36.4 Å². The van der Waals surface area contributed by atoms with Gasteiger partial charge in [0.1, 0.15) is 12.1 Å². The van der Waals surface area contributed by atoms with E-state index in [0.717, 1.165) is 5.56 Å². The highest BCUT2D eigenvalue weighted by Gasteiger charge is 2.19. The predicted molar refractivity (Wildman–Crippen MR) is 67.1 cm³/mol. The molecule has 3 N–H and O–H groups in total. The summed E-state index contributed by atoms with van der Waals surface area (Å²) >= 11 is 0. The average molecular weight is 249 g/mol. The van der Waals surface area contributed by atoms with Gasteiger partial charge in [-0.05, 0) is 12.5 Å². The molecule has 0 spiro atoms. The summed E-state index contributed by atoms with van der Waals surface area (Å²) in [5.41, 5.74) is 0.855. The van der Waals surface area contributed by atoms with Crippen LogP contribution in [-0.4, -0.2) is 34.2 Å². The van der Waals surface area contributed by atoms with E-state index in [4.69, 9.17) is 10.2 Å². The molecule has 5 nitrogen and oxygen atoms in total. The fraction of sp³-hybridized carbons (Fsp3) is 0.231. The van der Waals surface area contributed by atoms with Crippen molar-refractivity contribution in [1.82, 2.24) is 5.32 Å². The molecule has 0 aliphatic carbocycles. The molecule has 0 aliphatic heterocycles. The van der Waals surface area contributed by atoms with Crippen molar-refractivity contribution < 1.29 is 19.8 Å². The van der Waals surface area contributed by atoms with Gasteiger partial charge in [-0.2, -0.15) is 0 Å². The Morgan fingerprint density at radius 1 is 1.17 bits per heavy atom. The molecule has 2 unspecified atom stereocenters. The number of carboxylic acids is 2. The van der Waals surface area contributed by atoms with E-state index in [2.05, 4.69) is 5.32 Å². The normalized spacial score (nSPS) is 14.3. The largest absolute Gasteiger partial charge is 0.480 e. The van der Waals surface area contributed by atoms with E-state index in [9.17, 15) is 9.59 Å². The zero-order chi connectivity index (χ0) is 13.5. The Hall–Kier alpha value is -2.14. The van der Waals surface area contributed by atoms with Crippen molar-refractivity contribution >= 4 is 18.0 Å². The van der Waals surface area contributed by atoms with Crippen LogP contribution in [0.4, 0.5) is 0 Å². The third kappa shape index (κ3) is 4.39. The molecule has 0 radical (unpaired) electrons. The maximum atomic E-state index is 11.0. The van der Waals surface area contributed by atoms with Gasteiger partial charge in [0.05, 0.1) is 0 Å². The summed E-state index contributed by atoms with van der Waals surface area (Å²) in [4.78, 5) is 21.6. The van der Waals surface area contributed by atoms with E-state index in [1.807, 2.05) is 30.3 Å². The lowest BCUT2D eigenvalue weighted by molar-refractivity contribution is -0.141. The number of carboxylic acid groups (broad SMARTS) is 2. The van der Waals surface area contributed by atoms with Gasteiger partial charge < -0.3 is 10.2 Å². The minimum Gasteiger partial charge on any atom is -0.480 e. The molecule has 0 aromatic heterocycles. The zero-order valence-electron chi connectivity index (χ0n) is 9.91. The summed E-state index contributed by atoms with van der Waals surface area (Å²) < 4.78 is 0. The molecule has 0 fully saturated rings. The molecule has 1 aromatic carbocycles. The maximum absolute atomic E-state index is 11.0. The summed E-state index contributed by atoms with van der Waals surface area (Å²) in [7, 11) is 0. The smallest absolute Gasteiger partial charge is 0.324 e. The van der Waals surface area contributed by atoms with E-state index in [-0.39, 0.29) is 0 Å². The van der Waals surface area contributed by atoms with Crippen LogP contribution in [0, 0.1) is 0 Å². The predicted octanol–water partition coefficient (Wildman–Crippen LogP) is 1.22. The number of nitrogens with one attached hydrogen (secondary N) is 1. The molecule has 0 saturated carbocycles. The van der Waals surface area contributed by atoms with Crippen LogP contribution in [0.25, 0.3) is 6.08 Å². The SMILES string of the molecule is CC(NC(/C=C/c1ccccc1)C(=O)O)C(=O)O. The van der Waals surface area contributed by atoms with E-state index >= 15 is 0 Å². The van der Waals surface area contributed by atoms with E-state index in [1.165, 1.54) is 13.0 Å². The van der Waals surface area contributed by atoms with Crippen LogP contribution >= 0.6 is 0 Å². The van der Waals surface area contributed by atoms with Crippen molar-refractivity contribution in [3.63, 3.8) is 0 Å². The zero-order valence-corrected chi connectivity index (χ0v) is 9.91. The first-order chi connectivity index (χ1) is 8.50. The maximum Gasteiger partial charge on any atom is 0.324 e. The first kappa shape index (κ1) is 13.9. The summed E-state index contributed by atoms with van der Waals surface area (Å²) in [6.45, 7) is 1.40. The van der Waals surface area contributed by atoms with Crippen molar-refractivity contribution in [1.29, 1.82) is 0 Å². The Bertz CT molecular complexity index is 442. The van der Waals surface area contributed by atoms with Crippen molar-refractivity contribution in [3.8, 4) is 0 Å². The van der Waals surface area contributed by atoms with E-state index in [1.54, 1.807) is 6.08 Å². The number of aliphatic carboxylic acids is 2. The van der Waals surface area contributed by atoms with Gasteiger partial charge in [-0.25, -0.2) is 0 Å². The Kier molecular flexibility index (Phi) is 5.07. The van der Waals surface area contributed by atoms with Gasteiger partial charge in [-0.15, -0.1) is 0 Å². The quantitative estimate of drug-likeness (QED) is 0.705. The van der Waals surface area contributed by atoms with Crippen molar-refractivity contribution in [2.45, 2.75) is 19.0 Å².